The summed E-state index contributed by atoms with van der Waals surface area (Å²) < 4.78 is 11.5. The third-order valence-corrected chi connectivity index (χ3v) is 4.93. The number of aryl methyl sites for hydroxylation is 1. The quantitative estimate of drug-likeness (QED) is 0.931. The molecule has 0 amide bonds. The summed E-state index contributed by atoms with van der Waals surface area (Å²) in [6, 6.07) is 12.0. The summed E-state index contributed by atoms with van der Waals surface area (Å²) in [6.45, 7) is 8.04. The van der Waals surface area contributed by atoms with Crippen LogP contribution in [0, 0.1) is 6.92 Å². The Labute approximate surface area is 148 Å². The highest BCUT2D eigenvalue weighted by Gasteiger charge is 2.23. The number of phenols is 1. The molecule has 2 aromatic carbocycles. The zero-order valence-electron chi connectivity index (χ0n) is 14.6. The zero-order valence-corrected chi connectivity index (χ0v) is 14.6. The van der Waals surface area contributed by atoms with Gasteiger partial charge in [0.1, 0.15) is 19.0 Å². The van der Waals surface area contributed by atoms with Gasteiger partial charge in [-0.05, 0) is 36.2 Å². The second kappa shape index (κ2) is 6.84. The molecule has 0 atom stereocenters. The average Bonchev–Trinajstić information content (AvgIpc) is 2.65. The summed E-state index contributed by atoms with van der Waals surface area (Å²) in [7, 11) is 0. The van der Waals surface area contributed by atoms with E-state index in [1.807, 2.05) is 25.1 Å². The molecule has 1 saturated heterocycles. The van der Waals surface area contributed by atoms with Gasteiger partial charge in [-0.3, -0.25) is 4.90 Å². The first-order chi connectivity index (χ1) is 12.2. The first-order valence-corrected chi connectivity index (χ1v) is 8.85. The summed E-state index contributed by atoms with van der Waals surface area (Å²) in [4.78, 5) is 4.83. The smallest absolute Gasteiger partial charge is 0.184 e. The van der Waals surface area contributed by atoms with Crippen LogP contribution in [0.25, 0.3) is 0 Å². The maximum absolute atomic E-state index is 9.66. The number of piperazine rings is 1. The first-order valence-electron chi connectivity index (χ1n) is 8.85. The van der Waals surface area contributed by atoms with Crippen molar-refractivity contribution < 1.29 is 14.6 Å². The van der Waals surface area contributed by atoms with E-state index in [0.717, 1.165) is 55.5 Å². The molecule has 5 nitrogen and oxygen atoms in total. The van der Waals surface area contributed by atoms with Crippen molar-refractivity contribution in [2.24, 2.45) is 0 Å². The Kier molecular flexibility index (Phi) is 4.40. The molecular formula is C20H24N2O3. The number of hydrogen-bond acceptors (Lipinski definition) is 5. The highest BCUT2D eigenvalue weighted by atomic mass is 16.6. The van der Waals surface area contributed by atoms with E-state index in [0.29, 0.717) is 19.0 Å². The molecule has 2 heterocycles. The molecule has 0 bridgehead atoms. The van der Waals surface area contributed by atoms with Gasteiger partial charge in [0, 0.05) is 32.7 Å². The van der Waals surface area contributed by atoms with Gasteiger partial charge in [0.15, 0.2) is 11.5 Å². The lowest BCUT2D eigenvalue weighted by atomic mass is 10.1. The van der Waals surface area contributed by atoms with E-state index in [9.17, 15) is 5.11 Å². The van der Waals surface area contributed by atoms with Crippen LogP contribution < -0.4 is 14.4 Å². The number of hydrogen-bond donors (Lipinski definition) is 1. The summed E-state index contributed by atoms with van der Waals surface area (Å²) in [5.41, 5.74) is 3.32. The maximum atomic E-state index is 9.66. The Morgan fingerprint density at radius 3 is 2.60 bits per heavy atom. The normalized spacial score (nSPS) is 17.6. The van der Waals surface area contributed by atoms with Crippen LogP contribution in [-0.2, 0) is 6.54 Å². The highest BCUT2D eigenvalue weighted by Crippen LogP contribution is 2.39. The van der Waals surface area contributed by atoms with Gasteiger partial charge in [0.25, 0.3) is 0 Å². The number of phenolic OH excluding ortho intramolecular Hbond substituents is 1. The molecule has 0 saturated carbocycles. The fourth-order valence-electron chi connectivity index (χ4n) is 3.53. The fraction of sp³-hybridized carbons (Fsp3) is 0.400. The van der Waals surface area contributed by atoms with Gasteiger partial charge >= 0.3 is 0 Å². The van der Waals surface area contributed by atoms with Gasteiger partial charge in [0.05, 0.1) is 5.69 Å². The minimum Gasteiger partial charge on any atom is -0.508 e. The minimum absolute atomic E-state index is 0.365. The minimum atomic E-state index is 0.365. The molecule has 0 unspecified atom stereocenters. The summed E-state index contributed by atoms with van der Waals surface area (Å²) in [5.74, 6) is 2.10. The van der Waals surface area contributed by atoms with E-state index in [2.05, 4.69) is 21.9 Å². The van der Waals surface area contributed by atoms with Crippen LogP contribution in [0.15, 0.2) is 36.4 Å². The number of para-hydroxylation sites is 1. The molecule has 132 valence electrons. The Bertz CT molecular complexity index is 755. The molecule has 2 aliphatic heterocycles. The van der Waals surface area contributed by atoms with Crippen LogP contribution in [-0.4, -0.2) is 49.4 Å². The molecule has 4 rings (SSSR count). The van der Waals surface area contributed by atoms with Crippen molar-refractivity contribution in [3.8, 4) is 17.2 Å². The van der Waals surface area contributed by atoms with Crippen molar-refractivity contribution in [3.05, 3.63) is 47.5 Å². The number of ether oxygens (including phenoxy) is 2. The second-order valence-electron chi connectivity index (χ2n) is 6.69. The van der Waals surface area contributed by atoms with Gasteiger partial charge in [-0.2, -0.15) is 0 Å². The number of rotatable bonds is 3. The van der Waals surface area contributed by atoms with Gasteiger partial charge < -0.3 is 19.5 Å². The van der Waals surface area contributed by atoms with Crippen LogP contribution in [0.1, 0.15) is 11.1 Å². The zero-order chi connectivity index (χ0) is 17.2. The van der Waals surface area contributed by atoms with Crippen molar-refractivity contribution in [1.29, 1.82) is 0 Å². The van der Waals surface area contributed by atoms with E-state index in [-0.39, 0.29) is 0 Å². The third kappa shape index (κ3) is 3.37. The number of aromatic hydroxyl groups is 1. The predicted molar refractivity (Wildman–Crippen MR) is 97.8 cm³/mol. The number of nitrogens with zero attached hydrogens (tertiary/aromatic N) is 2. The number of anilines is 1. The molecule has 0 aliphatic carbocycles. The predicted octanol–water partition coefficient (Wildman–Crippen LogP) is 2.79. The monoisotopic (exact) mass is 340 g/mol. The molecule has 0 spiro atoms. The lowest BCUT2D eigenvalue weighted by Crippen LogP contribution is -2.46. The van der Waals surface area contributed by atoms with E-state index < -0.39 is 0 Å². The summed E-state index contributed by atoms with van der Waals surface area (Å²) in [5, 5.41) is 9.66. The van der Waals surface area contributed by atoms with Gasteiger partial charge in [-0.15, -0.1) is 0 Å². The molecular weight excluding hydrogens is 316 g/mol. The van der Waals surface area contributed by atoms with Crippen LogP contribution in [0.4, 0.5) is 5.69 Å². The van der Waals surface area contributed by atoms with Crippen LogP contribution >= 0.6 is 0 Å². The number of benzene rings is 2. The third-order valence-electron chi connectivity index (χ3n) is 4.93. The van der Waals surface area contributed by atoms with Gasteiger partial charge in [-0.25, -0.2) is 0 Å². The SMILES string of the molecule is Cc1cc(CN2CCN(c3cccc4c3OCCO4)CC2)ccc1O. The summed E-state index contributed by atoms with van der Waals surface area (Å²) in [6.07, 6.45) is 0. The van der Waals surface area contributed by atoms with Crippen molar-refractivity contribution >= 4 is 5.69 Å². The Balaban J connectivity index is 1.41. The first kappa shape index (κ1) is 16.1. The Hall–Kier alpha value is -2.40. The van der Waals surface area contributed by atoms with Crippen molar-refractivity contribution in [2.75, 3.05) is 44.3 Å². The van der Waals surface area contributed by atoms with Crippen LogP contribution in [0.5, 0.6) is 17.2 Å². The average molecular weight is 340 g/mol. The fourth-order valence-corrected chi connectivity index (χ4v) is 3.53. The van der Waals surface area contributed by atoms with Crippen LogP contribution in [0.3, 0.4) is 0 Å². The van der Waals surface area contributed by atoms with E-state index in [4.69, 9.17) is 9.47 Å². The van der Waals surface area contributed by atoms with Crippen molar-refractivity contribution in [3.63, 3.8) is 0 Å². The molecule has 0 aromatic heterocycles. The highest BCUT2D eigenvalue weighted by molar-refractivity contribution is 5.65. The topological polar surface area (TPSA) is 45.2 Å². The second-order valence-corrected chi connectivity index (χ2v) is 6.69. The van der Waals surface area contributed by atoms with Gasteiger partial charge in [0.2, 0.25) is 0 Å². The molecule has 1 fully saturated rings. The largest absolute Gasteiger partial charge is 0.508 e. The van der Waals surface area contributed by atoms with Crippen molar-refractivity contribution in [2.45, 2.75) is 13.5 Å². The lowest BCUT2D eigenvalue weighted by Gasteiger charge is -2.37. The lowest BCUT2D eigenvalue weighted by molar-refractivity contribution is 0.171. The molecule has 1 N–H and O–H groups in total. The van der Waals surface area contributed by atoms with Gasteiger partial charge in [-0.1, -0.05) is 18.2 Å². The Morgan fingerprint density at radius 1 is 1.00 bits per heavy atom. The molecule has 2 aromatic rings. The number of fused-ring (bicyclic) bond motifs is 1. The van der Waals surface area contributed by atoms with Crippen molar-refractivity contribution in [1.82, 2.24) is 4.90 Å². The Morgan fingerprint density at radius 2 is 1.80 bits per heavy atom. The molecule has 2 aliphatic rings. The molecule has 5 heteroatoms. The molecule has 0 radical (unpaired) electrons. The van der Waals surface area contributed by atoms with E-state index in [1.165, 1.54) is 5.56 Å². The summed E-state index contributed by atoms with van der Waals surface area (Å²) >= 11 is 0. The van der Waals surface area contributed by atoms with Crippen LogP contribution in [0.2, 0.25) is 0 Å². The standard InChI is InChI=1S/C20H24N2O3/c1-15-13-16(5-6-18(15)23)14-21-7-9-22(10-8-21)17-3-2-4-19-20(17)25-12-11-24-19/h2-6,13,23H,7-12,14H2,1H3. The van der Waals surface area contributed by atoms with E-state index >= 15 is 0 Å². The molecule has 25 heavy (non-hydrogen) atoms. The van der Waals surface area contributed by atoms with E-state index in [1.54, 1.807) is 6.07 Å². The maximum Gasteiger partial charge on any atom is 0.184 e.